The van der Waals surface area contributed by atoms with Crippen LogP contribution in [0.15, 0.2) is 47.4 Å². The van der Waals surface area contributed by atoms with Gasteiger partial charge in [0.15, 0.2) is 5.69 Å². The van der Waals surface area contributed by atoms with E-state index in [1.165, 1.54) is 31.4 Å². The molecule has 29 heavy (non-hydrogen) atoms. The standard InChI is InChI=1S/C18H14F3N3O4S/c1-27-11-4-7-13-15(8-11)28-9-14-16(13)24(23-17(14)18(19,20)21)10-2-5-12(6-3-10)29(22,25)26/h2-8H,9H2,1H3,(H2,22,25,26). The topological polar surface area (TPSA) is 96.4 Å². The third-order valence-electron chi connectivity index (χ3n) is 4.48. The highest BCUT2D eigenvalue weighted by Crippen LogP contribution is 2.45. The molecule has 0 atom stereocenters. The van der Waals surface area contributed by atoms with Crippen LogP contribution in [-0.4, -0.2) is 25.3 Å². The van der Waals surface area contributed by atoms with Gasteiger partial charge in [-0.2, -0.15) is 18.3 Å². The number of rotatable bonds is 3. The van der Waals surface area contributed by atoms with Crippen LogP contribution >= 0.6 is 0 Å². The number of benzene rings is 2. The molecular formula is C18H14F3N3O4S. The van der Waals surface area contributed by atoms with E-state index in [1.807, 2.05) is 0 Å². The summed E-state index contributed by atoms with van der Waals surface area (Å²) in [6.45, 7) is -0.320. The maximum Gasteiger partial charge on any atom is 0.435 e. The molecule has 3 aromatic rings. The van der Waals surface area contributed by atoms with Gasteiger partial charge < -0.3 is 9.47 Å². The van der Waals surface area contributed by atoms with Gasteiger partial charge in [-0.05, 0) is 36.4 Å². The molecule has 0 saturated heterocycles. The maximum absolute atomic E-state index is 13.6. The van der Waals surface area contributed by atoms with Crippen molar-refractivity contribution in [2.75, 3.05) is 7.11 Å². The summed E-state index contributed by atoms with van der Waals surface area (Å²) in [5.74, 6) is 0.847. The SMILES string of the molecule is COc1ccc2c(c1)OCc1c(C(F)(F)F)nn(-c3ccc(S(N)(=O)=O)cc3)c1-2. The summed E-state index contributed by atoms with van der Waals surface area (Å²) >= 11 is 0. The number of methoxy groups -OCH3 is 1. The molecule has 0 spiro atoms. The lowest BCUT2D eigenvalue weighted by Gasteiger charge is -2.20. The van der Waals surface area contributed by atoms with Crippen molar-refractivity contribution in [3.63, 3.8) is 0 Å². The van der Waals surface area contributed by atoms with E-state index in [0.717, 1.165) is 4.68 Å². The fraction of sp³-hybridized carbons (Fsp3) is 0.167. The fourth-order valence-corrected chi connectivity index (χ4v) is 3.67. The molecule has 152 valence electrons. The summed E-state index contributed by atoms with van der Waals surface area (Å²) in [5, 5.41) is 8.85. The zero-order valence-corrected chi connectivity index (χ0v) is 15.7. The van der Waals surface area contributed by atoms with Gasteiger partial charge in [-0.15, -0.1) is 0 Å². The van der Waals surface area contributed by atoms with Crippen molar-refractivity contribution in [1.82, 2.24) is 9.78 Å². The number of alkyl halides is 3. The molecule has 0 aliphatic carbocycles. The van der Waals surface area contributed by atoms with Crippen LogP contribution in [0, 0.1) is 0 Å². The zero-order chi connectivity index (χ0) is 21.0. The second kappa shape index (κ2) is 6.49. The predicted octanol–water partition coefficient (Wildman–Crippen LogP) is 3.11. The average molecular weight is 425 g/mol. The minimum atomic E-state index is -4.69. The number of hydrogen-bond acceptors (Lipinski definition) is 5. The number of nitrogens with zero attached hydrogens (tertiary/aromatic N) is 2. The minimum absolute atomic E-state index is 0.106. The van der Waals surface area contributed by atoms with E-state index in [2.05, 4.69) is 5.10 Å². The van der Waals surface area contributed by atoms with Crippen molar-refractivity contribution >= 4 is 10.0 Å². The Bertz CT molecular complexity index is 1200. The minimum Gasteiger partial charge on any atom is -0.497 e. The van der Waals surface area contributed by atoms with Gasteiger partial charge in [0.1, 0.15) is 18.1 Å². The lowest BCUT2D eigenvalue weighted by molar-refractivity contribution is -0.142. The number of primary sulfonamides is 1. The van der Waals surface area contributed by atoms with Crippen LogP contribution in [0.1, 0.15) is 11.3 Å². The van der Waals surface area contributed by atoms with Crippen LogP contribution in [0.25, 0.3) is 16.9 Å². The first-order valence-corrected chi connectivity index (χ1v) is 9.78. The van der Waals surface area contributed by atoms with Crippen molar-refractivity contribution < 1.29 is 31.1 Å². The molecule has 7 nitrogen and oxygen atoms in total. The molecule has 11 heteroatoms. The van der Waals surface area contributed by atoms with Gasteiger partial charge in [-0.25, -0.2) is 18.2 Å². The smallest absolute Gasteiger partial charge is 0.435 e. The average Bonchev–Trinajstić information content (AvgIpc) is 3.07. The molecule has 0 unspecified atom stereocenters. The lowest BCUT2D eigenvalue weighted by atomic mass is 10.0. The predicted molar refractivity (Wildman–Crippen MR) is 96.3 cm³/mol. The summed E-state index contributed by atoms with van der Waals surface area (Å²) in [5.41, 5.74) is -0.307. The molecule has 1 aromatic heterocycles. The summed E-state index contributed by atoms with van der Waals surface area (Å²) in [4.78, 5) is -0.160. The number of nitrogens with two attached hydrogens (primary N) is 1. The molecule has 0 bridgehead atoms. The highest BCUT2D eigenvalue weighted by Gasteiger charge is 2.41. The van der Waals surface area contributed by atoms with Crippen molar-refractivity contribution in [2.45, 2.75) is 17.7 Å². The number of fused-ring (bicyclic) bond motifs is 3. The Labute approximate surface area is 163 Å². The summed E-state index contributed by atoms with van der Waals surface area (Å²) in [6.07, 6.45) is -4.69. The van der Waals surface area contributed by atoms with E-state index in [1.54, 1.807) is 18.2 Å². The van der Waals surface area contributed by atoms with Crippen LogP contribution in [0.5, 0.6) is 11.5 Å². The molecular weight excluding hydrogens is 411 g/mol. The van der Waals surface area contributed by atoms with E-state index >= 15 is 0 Å². The number of sulfonamides is 1. The van der Waals surface area contributed by atoms with E-state index in [9.17, 15) is 21.6 Å². The molecule has 2 heterocycles. The summed E-state index contributed by atoms with van der Waals surface area (Å²) in [6, 6.07) is 9.86. The fourth-order valence-electron chi connectivity index (χ4n) is 3.15. The Morgan fingerprint density at radius 1 is 1.17 bits per heavy atom. The van der Waals surface area contributed by atoms with Crippen LogP contribution in [0.3, 0.4) is 0 Å². The first kappa shape index (κ1) is 19.3. The van der Waals surface area contributed by atoms with Gasteiger partial charge in [0.25, 0.3) is 0 Å². The van der Waals surface area contributed by atoms with Gasteiger partial charge in [-0.3, -0.25) is 0 Å². The molecule has 2 aromatic carbocycles. The Morgan fingerprint density at radius 3 is 2.45 bits per heavy atom. The molecule has 4 rings (SSSR count). The van der Waals surface area contributed by atoms with Gasteiger partial charge in [0.05, 0.1) is 23.4 Å². The number of hydrogen-bond donors (Lipinski definition) is 1. The van der Waals surface area contributed by atoms with Gasteiger partial charge in [0.2, 0.25) is 10.0 Å². The Morgan fingerprint density at radius 2 is 1.86 bits per heavy atom. The van der Waals surface area contributed by atoms with E-state index in [4.69, 9.17) is 14.6 Å². The number of aromatic nitrogens is 2. The number of ether oxygens (including phenoxy) is 2. The first-order valence-electron chi connectivity index (χ1n) is 8.23. The van der Waals surface area contributed by atoms with Crippen molar-refractivity contribution in [3.8, 4) is 28.4 Å². The van der Waals surface area contributed by atoms with Gasteiger partial charge in [-0.1, -0.05) is 0 Å². The van der Waals surface area contributed by atoms with Gasteiger partial charge >= 0.3 is 6.18 Å². The molecule has 1 aliphatic heterocycles. The third kappa shape index (κ3) is 3.32. The Balaban J connectivity index is 1.95. The molecule has 0 fully saturated rings. The largest absolute Gasteiger partial charge is 0.497 e. The normalized spacial score (nSPS) is 13.4. The van der Waals surface area contributed by atoms with Crippen molar-refractivity contribution in [1.29, 1.82) is 0 Å². The second-order valence-corrected chi connectivity index (χ2v) is 7.84. The monoisotopic (exact) mass is 425 g/mol. The zero-order valence-electron chi connectivity index (χ0n) is 14.9. The van der Waals surface area contributed by atoms with E-state index in [0.29, 0.717) is 17.1 Å². The quantitative estimate of drug-likeness (QED) is 0.696. The van der Waals surface area contributed by atoms with E-state index < -0.39 is 21.9 Å². The molecule has 0 amide bonds. The van der Waals surface area contributed by atoms with Crippen LogP contribution in [0.4, 0.5) is 13.2 Å². The number of halogens is 3. The van der Waals surface area contributed by atoms with E-state index in [-0.39, 0.29) is 28.4 Å². The first-order chi connectivity index (χ1) is 13.6. The Kier molecular flexibility index (Phi) is 4.32. The molecule has 2 N–H and O–H groups in total. The molecule has 0 saturated carbocycles. The highest BCUT2D eigenvalue weighted by atomic mass is 32.2. The van der Waals surface area contributed by atoms with Gasteiger partial charge in [0, 0.05) is 17.2 Å². The third-order valence-corrected chi connectivity index (χ3v) is 5.41. The Hall–Kier alpha value is -3.05. The maximum atomic E-state index is 13.6. The van der Waals surface area contributed by atoms with Crippen LogP contribution in [-0.2, 0) is 22.8 Å². The summed E-state index contributed by atoms with van der Waals surface area (Å²) in [7, 11) is -2.47. The van der Waals surface area contributed by atoms with Crippen LogP contribution < -0.4 is 14.6 Å². The molecule has 1 aliphatic rings. The second-order valence-electron chi connectivity index (χ2n) is 6.28. The lowest BCUT2D eigenvalue weighted by Crippen LogP contribution is -2.13. The summed E-state index contributed by atoms with van der Waals surface area (Å²) < 4.78 is 75.4. The van der Waals surface area contributed by atoms with Crippen molar-refractivity contribution in [2.24, 2.45) is 5.14 Å². The highest BCUT2D eigenvalue weighted by molar-refractivity contribution is 7.89. The molecule has 0 radical (unpaired) electrons. The van der Waals surface area contributed by atoms with Crippen LogP contribution in [0.2, 0.25) is 0 Å². The van der Waals surface area contributed by atoms with Crippen molar-refractivity contribution in [3.05, 3.63) is 53.7 Å².